The van der Waals surface area contributed by atoms with Gasteiger partial charge in [-0.25, -0.2) is 0 Å². The minimum absolute atomic E-state index is 0.00298. The predicted octanol–water partition coefficient (Wildman–Crippen LogP) is 4.44. The number of ketones is 1. The lowest BCUT2D eigenvalue weighted by atomic mass is 9.98. The molecule has 0 spiro atoms. The van der Waals surface area contributed by atoms with Crippen LogP contribution in [0.4, 0.5) is 0 Å². The van der Waals surface area contributed by atoms with Crippen molar-refractivity contribution in [3.05, 3.63) is 35.9 Å². The largest absolute Gasteiger partial charge is 0.346 e. The summed E-state index contributed by atoms with van der Waals surface area (Å²) in [5.41, 5.74) is 1.09. The summed E-state index contributed by atoms with van der Waals surface area (Å²) in [5.74, 6) is 0.161. The number of hydrogen-bond donors (Lipinski definition) is 1. The van der Waals surface area contributed by atoms with Gasteiger partial charge in [0.1, 0.15) is 0 Å². The van der Waals surface area contributed by atoms with Crippen LogP contribution >= 0.6 is 0 Å². The van der Waals surface area contributed by atoms with Crippen LogP contribution in [0.15, 0.2) is 30.3 Å². The molecule has 3 heteroatoms. The second-order valence-corrected chi connectivity index (χ2v) is 6.19. The SMILES string of the molecule is CCCCCC(=O)N[C@H](Cc1ccccc1)C(=O)CCCCC. The molecule has 0 heterocycles. The Morgan fingerprint density at radius 3 is 2.13 bits per heavy atom. The summed E-state index contributed by atoms with van der Waals surface area (Å²) in [6.45, 7) is 4.24. The molecule has 0 aliphatic rings. The first-order valence-corrected chi connectivity index (χ1v) is 9.03. The van der Waals surface area contributed by atoms with Gasteiger partial charge in [-0.05, 0) is 24.8 Å². The average Bonchev–Trinajstić information content (AvgIpc) is 2.55. The highest BCUT2D eigenvalue weighted by Gasteiger charge is 2.20. The highest BCUT2D eigenvalue weighted by Crippen LogP contribution is 2.09. The molecule has 0 saturated heterocycles. The summed E-state index contributed by atoms with van der Waals surface area (Å²) < 4.78 is 0. The summed E-state index contributed by atoms with van der Waals surface area (Å²) in [7, 11) is 0. The van der Waals surface area contributed by atoms with Crippen LogP contribution in [0.3, 0.4) is 0 Å². The lowest BCUT2D eigenvalue weighted by molar-refractivity contribution is -0.128. The topological polar surface area (TPSA) is 46.2 Å². The maximum absolute atomic E-state index is 12.5. The van der Waals surface area contributed by atoms with E-state index in [-0.39, 0.29) is 17.7 Å². The van der Waals surface area contributed by atoms with Gasteiger partial charge in [0.25, 0.3) is 0 Å². The molecule has 0 bridgehead atoms. The molecule has 0 fully saturated rings. The van der Waals surface area contributed by atoms with Crippen LogP contribution < -0.4 is 5.32 Å². The van der Waals surface area contributed by atoms with E-state index in [0.717, 1.165) is 44.1 Å². The molecule has 128 valence electrons. The van der Waals surface area contributed by atoms with E-state index in [1.165, 1.54) is 0 Å². The van der Waals surface area contributed by atoms with Crippen LogP contribution in [-0.4, -0.2) is 17.7 Å². The molecule has 1 amide bonds. The Morgan fingerprint density at radius 1 is 0.913 bits per heavy atom. The molecule has 1 aromatic rings. The zero-order valence-electron chi connectivity index (χ0n) is 14.6. The monoisotopic (exact) mass is 317 g/mol. The highest BCUT2D eigenvalue weighted by molar-refractivity contribution is 5.89. The van der Waals surface area contributed by atoms with Crippen molar-refractivity contribution in [2.75, 3.05) is 0 Å². The van der Waals surface area contributed by atoms with Crippen LogP contribution in [0.5, 0.6) is 0 Å². The molecule has 0 aliphatic heterocycles. The van der Waals surface area contributed by atoms with E-state index in [0.29, 0.717) is 19.3 Å². The molecule has 0 unspecified atom stereocenters. The Labute approximate surface area is 140 Å². The first kappa shape index (κ1) is 19.4. The molecule has 0 radical (unpaired) electrons. The molecule has 1 aromatic carbocycles. The van der Waals surface area contributed by atoms with Crippen LogP contribution in [0.2, 0.25) is 0 Å². The van der Waals surface area contributed by atoms with E-state index in [2.05, 4.69) is 19.2 Å². The Bertz CT molecular complexity index is 456. The number of unbranched alkanes of at least 4 members (excludes halogenated alkanes) is 4. The fraction of sp³-hybridized carbons (Fsp3) is 0.600. The van der Waals surface area contributed by atoms with Gasteiger partial charge in [0, 0.05) is 12.8 Å². The number of benzene rings is 1. The van der Waals surface area contributed by atoms with Crippen molar-refractivity contribution < 1.29 is 9.59 Å². The Balaban J connectivity index is 2.60. The van der Waals surface area contributed by atoms with Gasteiger partial charge < -0.3 is 5.32 Å². The molecule has 1 atom stereocenters. The van der Waals surface area contributed by atoms with Gasteiger partial charge in [0.2, 0.25) is 5.91 Å². The smallest absolute Gasteiger partial charge is 0.220 e. The van der Waals surface area contributed by atoms with Crippen molar-refractivity contribution in [1.29, 1.82) is 0 Å². The van der Waals surface area contributed by atoms with Gasteiger partial charge in [-0.3, -0.25) is 9.59 Å². The maximum Gasteiger partial charge on any atom is 0.220 e. The number of amides is 1. The second-order valence-electron chi connectivity index (χ2n) is 6.19. The average molecular weight is 317 g/mol. The summed E-state index contributed by atoms with van der Waals surface area (Å²) in [5, 5.41) is 2.96. The molecule has 23 heavy (non-hydrogen) atoms. The summed E-state index contributed by atoms with van der Waals surface area (Å²) in [6.07, 6.45) is 7.77. The standard InChI is InChI=1S/C20H31NO2/c1-3-5-8-14-19(22)18(16-17-12-10-7-11-13-17)21-20(23)15-9-6-4-2/h7,10-13,18H,3-6,8-9,14-16H2,1-2H3,(H,21,23)/t18-/m1/s1. The van der Waals surface area contributed by atoms with Gasteiger partial charge in [-0.2, -0.15) is 0 Å². The second kappa shape index (κ2) is 11.9. The van der Waals surface area contributed by atoms with Crippen molar-refractivity contribution in [3.63, 3.8) is 0 Å². The zero-order valence-corrected chi connectivity index (χ0v) is 14.6. The Hall–Kier alpha value is -1.64. The molecule has 1 rings (SSSR count). The van der Waals surface area contributed by atoms with Crippen LogP contribution in [0, 0.1) is 0 Å². The van der Waals surface area contributed by atoms with Crippen molar-refractivity contribution in [1.82, 2.24) is 5.32 Å². The van der Waals surface area contributed by atoms with Crippen molar-refractivity contribution >= 4 is 11.7 Å². The summed E-state index contributed by atoms with van der Waals surface area (Å²) in [6, 6.07) is 9.53. The van der Waals surface area contributed by atoms with Crippen molar-refractivity contribution in [2.24, 2.45) is 0 Å². The Kier molecular flexibility index (Phi) is 10.0. The van der Waals surface area contributed by atoms with E-state index in [1.54, 1.807) is 0 Å². The third-order valence-electron chi connectivity index (χ3n) is 4.04. The summed E-state index contributed by atoms with van der Waals surface area (Å²) >= 11 is 0. The molecule has 0 aliphatic carbocycles. The van der Waals surface area contributed by atoms with Gasteiger partial charge in [0.15, 0.2) is 5.78 Å². The van der Waals surface area contributed by atoms with Gasteiger partial charge >= 0.3 is 0 Å². The number of carbonyl (C=O) groups excluding carboxylic acids is 2. The molecule has 1 N–H and O–H groups in total. The van der Waals surface area contributed by atoms with E-state index >= 15 is 0 Å². The van der Waals surface area contributed by atoms with Crippen LogP contribution in [0.1, 0.15) is 70.8 Å². The first-order chi connectivity index (χ1) is 11.2. The van der Waals surface area contributed by atoms with E-state index < -0.39 is 0 Å². The van der Waals surface area contributed by atoms with Crippen LogP contribution in [-0.2, 0) is 16.0 Å². The third kappa shape index (κ3) is 8.53. The normalized spacial score (nSPS) is 11.9. The molecular formula is C20H31NO2. The third-order valence-corrected chi connectivity index (χ3v) is 4.04. The van der Waals surface area contributed by atoms with Crippen molar-refractivity contribution in [2.45, 2.75) is 77.7 Å². The van der Waals surface area contributed by atoms with Crippen molar-refractivity contribution in [3.8, 4) is 0 Å². The van der Waals surface area contributed by atoms with Gasteiger partial charge in [-0.15, -0.1) is 0 Å². The molecule has 0 aromatic heterocycles. The van der Waals surface area contributed by atoms with E-state index in [1.807, 2.05) is 30.3 Å². The fourth-order valence-corrected chi connectivity index (χ4v) is 2.62. The zero-order chi connectivity index (χ0) is 16.9. The highest BCUT2D eigenvalue weighted by atomic mass is 16.2. The minimum atomic E-state index is -0.386. The molecule has 3 nitrogen and oxygen atoms in total. The van der Waals surface area contributed by atoms with Gasteiger partial charge in [-0.1, -0.05) is 69.9 Å². The number of nitrogens with one attached hydrogen (secondary N) is 1. The van der Waals surface area contributed by atoms with Gasteiger partial charge in [0.05, 0.1) is 6.04 Å². The minimum Gasteiger partial charge on any atom is -0.346 e. The number of rotatable bonds is 12. The Morgan fingerprint density at radius 2 is 1.52 bits per heavy atom. The lowest BCUT2D eigenvalue weighted by Gasteiger charge is -2.18. The molecule has 0 saturated carbocycles. The predicted molar refractivity (Wildman–Crippen MR) is 95.4 cm³/mol. The van der Waals surface area contributed by atoms with E-state index in [9.17, 15) is 9.59 Å². The number of carbonyl (C=O) groups is 2. The van der Waals surface area contributed by atoms with E-state index in [4.69, 9.17) is 0 Å². The summed E-state index contributed by atoms with van der Waals surface area (Å²) in [4.78, 5) is 24.6. The number of hydrogen-bond acceptors (Lipinski definition) is 2. The lowest BCUT2D eigenvalue weighted by Crippen LogP contribution is -2.42. The number of Topliss-reactive ketones (excluding diaryl/α,β-unsaturated/α-hetero) is 1. The van der Waals surface area contributed by atoms with Crippen LogP contribution in [0.25, 0.3) is 0 Å². The molecular weight excluding hydrogens is 286 g/mol. The first-order valence-electron chi connectivity index (χ1n) is 9.03. The fourth-order valence-electron chi connectivity index (χ4n) is 2.62. The maximum atomic E-state index is 12.5. The quantitative estimate of drug-likeness (QED) is 0.579.